The normalized spacial score (nSPS) is 53.2. The van der Waals surface area contributed by atoms with Crippen molar-refractivity contribution < 1.29 is 19.7 Å². The van der Waals surface area contributed by atoms with Crippen molar-refractivity contribution in [2.75, 3.05) is 19.7 Å². The lowest BCUT2D eigenvalue weighted by Gasteiger charge is -2.64. The predicted molar refractivity (Wildman–Crippen MR) is 124 cm³/mol. The average molecular weight is 448 g/mol. The van der Waals surface area contributed by atoms with E-state index in [1.165, 1.54) is 0 Å². The molecule has 182 valence electrons. The Balaban J connectivity index is 1.43. The van der Waals surface area contributed by atoms with Crippen LogP contribution in [0.2, 0.25) is 0 Å². The van der Waals surface area contributed by atoms with Crippen molar-refractivity contribution in [1.82, 2.24) is 4.90 Å². The van der Waals surface area contributed by atoms with Gasteiger partial charge in [0.1, 0.15) is 5.78 Å². The molecule has 5 nitrogen and oxygen atoms in total. The molecule has 2 unspecified atom stereocenters. The number of carbonyl (C=O) groups excluding carboxylic acids is 1. The molecule has 0 bridgehead atoms. The molecular weight excluding hydrogens is 402 g/mol. The zero-order valence-electron chi connectivity index (χ0n) is 20.8. The molecule has 5 aliphatic rings. The summed E-state index contributed by atoms with van der Waals surface area (Å²) in [4.78, 5) is 14.9. The van der Waals surface area contributed by atoms with Crippen LogP contribution < -0.4 is 0 Å². The van der Waals surface area contributed by atoms with Gasteiger partial charge in [0.05, 0.1) is 24.4 Å². The van der Waals surface area contributed by atoms with Gasteiger partial charge in [-0.15, -0.1) is 0 Å². The van der Waals surface area contributed by atoms with Crippen LogP contribution >= 0.6 is 0 Å². The summed E-state index contributed by atoms with van der Waals surface area (Å²) in [5.41, 5.74) is -0.176. The number of fused-ring (bicyclic) bond motifs is 5. The minimum atomic E-state index is -0.342. The third-order valence-corrected chi connectivity index (χ3v) is 11.0. The first-order chi connectivity index (χ1) is 15.0. The Bertz CT molecular complexity index is 754. The molecule has 0 spiro atoms. The molecular formula is C27H45NO4. The van der Waals surface area contributed by atoms with E-state index in [4.69, 9.17) is 4.74 Å². The molecule has 5 rings (SSSR count). The molecule has 4 aliphatic carbocycles. The third kappa shape index (κ3) is 3.44. The monoisotopic (exact) mass is 447 g/mol. The zero-order valence-corrected chi connectivity index (χ0v) is 20.8. The van der Waals surface area contributed by atoms with Gasteiger partial charge in [-0.1, -0.05) is 13.8 Å². The Labute approximate surface area is 194 Å². The highest BCUT2D eigenvalue weighted by Crippen LogP contribution is 2.67. The number of aliphatic hydroxyl groups is 2. The molecule has 0 aromatic rings. The van der Waals surface area contributed by atoms with E-state index in [0.717, 1.165) is 64.6 Å². The fourth-order valence-electron chi connectivity index (χ4n) is 9.78. The van der Waals surface area contributed by atoms with Gasteiger partial charge in [-0.3, -0.25) is 9.69 Å². The number of rotatable bonds is 2. The van der Waals surface area contributed by atoms with E-state index in [1.807, 2.05) is 0 Å². The van der Waals surface area contributed by atoms with Crippen LogP contribution in [0.4, 0.5) is 0 Å². The van der Waals surface area contributed by atoms with Crippen molar-refractivity contribution >= 4 is 5.78 Å². The van der Waals surface area contributed by atoms with Crippen molar-refractivity contribution in [3.63, 3.8) is 0 Å². The van der Waals surface area contributed by atoms with Gasteiger partial charge in [0.15, 0.2) is 0 Å². The second kappa shape index (κ2) is 7.76. The maximum absolute atomic E-state index is 12.4. The van der Waals surface area contributed by atoms with Crippen LogP contribution in [0.25, 0.3) is 0 Å². The fourth-order valence-corrected chi connectivity index (χ4v) is 9.78. The summed E-state index contributed by atoms with van der Waals surface area (Å²) in [5.74, 6) is 2.25. The summed E-state index contributed by atoms with van der Waals surface area (Å²) in [6.07, 6.45) is 6.39. The van der Waals surface area contributed by atoms with Gasteiger partial charge in [-0.05, 0) is 100 Å². The van der Waals surface area contributed by atoms with Crippen LogP contribution in [0.1, 0.15) is 79.6 Å². The lowest BCUT2D eigenvalue weighted by Crippen LogP contribution is -2.64. The van der Waals surface area contributed by atoms with E-state index in [9.17, 15) is 15.0 Å². The van der Waals surface area contributed by atoms with E-state index in [2.05, 4.69) is 32.6 Å². The number of ketones is 1. The van der Waals surface area contributed by atoms with Gasteiger partial charge in [0.25, 0.3) is 0 Å². The molecule has 0 aromatic heterocycles. The number of hydrogen-bond acceptors (Lipinski definition) is 5. The summed E-state index contributed by atoms with van der Waals surface area (Å²) in [6.45, 7) is 13.2. The Morgan fingerprint density at radius 3 is 2.41 bits per heavy atom. The minimum absolute atomic E-state index is 0.0442. The van der Waals surface area contributed by atoms with Gasteiger partial charge < -0.3 is 14.9 Å². The average Bonchev–Trinajstić information content (AvgIpc) is 3.03. The molecule has 0 radical (unpaired) electrons. The summed E-state index contributed by atoms with van der Waals surface area (Å²) in [6, 6.07) is 0.146. The number of nitrogens with zero attached hydrogens (tertiary/aromatic N) is 1. The van der Waals surface area contributed by atoms with Gasteiger partial charge in [0, 0.05) is 25.0 Å². The number of aliphatic hydroxyl groups excluding tert-OH is 2. The van der Waals surface area contributed by atoms with Gasteiger partial charge in [0.2, 0.25) is 0 Å². The van der Waals surface area contributed by atoms with Crippen LogP contribution in [0.15, 0.2) is 0 Å². The van der Waals surface area contributed by atoms with Crippen molar-refractivity contribution in [2.24, 2.45) is 40.4 Å². The molecule has 1 heterocycles. The number of hydrogen-bond donors (Lipinski definition) is 2. The largest absolute Gasteiger partial charge is 0.393 e. The molecule has 10 atom stereocenters. The smallest absolute Gasteiger partial charge is 0.133 e. The molecule has 1 saturated heterocycles. The van der Waals surface area contributed by atoms with Crippen LogP contribution in [-0.2, 0) is 9.53 Å². The molecule has 0 aromatic carbocycles. The zero-order chi connectivity index (χ0) is 23.1. The topological polar surface area (TPSA) is 70.0 Å². The molecule has 1 aliphatic heterocycles. The summed E-state index contributed by atoms with van der Waals surface area (Å²) in [5, 5.41) is 22.9. The van der Waals surface area contributed by atoms with Gasteiger partial charge in [-0.25, -0.2) is 0 Å². The molecule has 5 heteroatoms. The highest BCUT2D eigenvalue weighted by molar-refractivity contribution is 5.79. The van der Waals surface area contributed by atoms with Crippen molar-refractivity contribution in [3.05, 3.63) is 0 Å². The first kappa shape index (κ1) is 23.3. The highest BCUT2D eigenvalue weighted by atomic mass is 16.5. The predicted octanol–water partition coefficient (Wildman–Crippen LogP) is 3.66. The highest BCUT2D eigenvalue weighted by Gasteiger charge is 2.64. The van der Waals surface area contributed by atoms with E-state index >= 15 is 0 Å². The van der Waals surface area contributed by atoms with Crippen LogP contribution in [0.5, 0.6) is 0 Å². The maximum Gasteiger partial charge on any atom is 0.133 e. The molecule has 5 fully saturated rings. The number of Topliss-reactive ketones (excluding diaryl/α,β-unsaturated/α-hetero) is 1. The van der Waals surface area contributed by atoms with Crippen LogP contribution in [0.3, 0.4) is 0 Å². The Morgan fingerprint density at radius 1 is 0.969 bits per heavy atom. The van der Waals surface area contributed by atoms with Crippen molar-refractivity contribution in [1.29, 1.82) is 0 Å². The van der Waals surface area contributed by atoms with E-state index < -0.39 is 0 Å². The summed E-state index contributed by atoms with van der Waals surface area (Å²) >= 11 is 0. The minimum Gasteiger partial charge on any atom is -0.393 e. The maximum atomic E-state index is 12.4. The number of ether oxygens (including phenoxy) is 1. The second-order valence-electron chi connectivity index (χ2n) is 13.2. The van der Waals surface area contributed by atoms with Crippen LogP contribution in [-0.4, -0.2) is 64.4 Å². The SMILES string of the molecule is CC(=O)[C@H]1CC[C@H]2[C@@H]3CCC4C[C@H](O)[C@@H](N5CCOC(C)(C)C5)C[C@]4(C)[C@H]3C(O)C[C@]12C. The van der Waals surface area contributed by atoms with Gasteiger partial charge >= 0.3 is 0 Å². The molecule has 2 N–H and O–H groups in total. The first-order valence-corrected chi connectivity index (χ1v) is 13.2. The number of carbonyl (C=O) groups is 1. The Kier molecular flexibility index (Phi) is 5.64. The molecule has 32 heavy (non-hydrogen) atoms. The molecule has 4 saturated carbocycles. The van der Waals surface area contributed by atoms with E-state index in [-0.39, 0.29) is 46.5 Å². The van der Waals surface area contributed by atoms with Crippen molar-refractivity contribution in [2.45, 2.75) is 103 Å². The molecule has 0 amide bonds. The Morgan fingerprint density at radius 2 is 1.72 bits per heavy atom. The van der Waals surface area contributed by atoms with E-state index in [0.29, 0.717) is 23.5 Å². The second-order valence-corrected chi connectivity index (χ2v) is 13.2. The third-order valence-electron chi connectivity index (χ3n) is 11.0. The first-order valence-electron chi connectivity index (χ1n) is 13.2. The standard InChI is InChI=1S/C27H45NO4/c1-16(29)19-8-9-20-18-7-6-17-12-22(30)21(28-10-11-32-25(2,3)15-28)13-26(17,4)24(18)23(31)14-27(19,20)5/h17-24,30-31H,6-15H2,1-5H3/t17?,18-,19+,20-,21-,22-,23?,24+,26-,27+/m0/s1. The lowest BCUT2D eigenvalue weighted by molar-refractivity contribution is -0.198. The van der Waals surface area contributed by atoms with E-state index in [1.54, 1.807) is 6.92 Å². The summed E-state index contributed by atoms with van der Waals surface area (Å²) < 4.78 is 5.95. The number of morpholine rings is 1. The van der Waals surface area contributed by atoms with Crippen molar-refractivity contribution in [3.8, 4) is 0 Å². The fraction of sp³-hybridized carbons (Fsp3) is 0.963. The Hall–Kier alpha value is -0.490. The van der Waals surface area contributed by atoms with Gasteiger partial charge in [-0.2, -0.15) is 0 Å². The quantitative estimate of drug-likeness (QED) is 0.676. The lowest BCUT2D eigenvalue weighted by atomic mass is 9.43. The summed E-state index contributed by atoms with van der Waals surface area (Å²) in [7, 11) is 0. The van der Waals surface area contributed by atoms with Crippen LogP contribution in [0, 0.1) is 40.4 Å².